The summed E-state index contributed by atoms with van der Waals surface area (Å²) in [6.45, 7) is 1.47. The number of esters is 1. The van der Waals surface area contributed by atoms with Gasteiger partial charge in [-0.1, -0.05) is 0 Å². The molecule has 0 aliphatic carbocycles. The molecule has 0 radical (unpaired) electrons. The molecule has 1 rings (SSSR count). The van der Waals surface area contributed by atoms with E-state index in [0.29, 0.717) is 6.29 Å². The molecule has 4 nitrogen and oxygen atoms in total. The Hall–Kier alpha value is -1.91. The van der Waals surface area contributed by atoms with Crippen molar-refractivity contribution in [3.63, 3.8) is 0 Å². The Balaban J connectivity index is 2.84. The fourth-order valence-corrected chi connectivity index (χ4v) is 1.14. The first-order chi connectivity index (χ1) is 7.56. The van der Waals surface area contributed by atoms with Gasteiger partial charge < -0.3 is 9.47 Å². The highest BCUT2D eigenvalue weighted by atomic mass is 19.1. The van der Waals surface area contributed by atoms with Crippen LogP contribution >= 0.6 is 0 Å². The van der Waals surface area contributed by atoms with Gasteiger partial charge in [0.25, 0.3) is 0 Å². The summed E-state index contributed by atoms with van der Waals surface area (Å²) in [5.74, 6) is -1.06. The van der Waals surface area contributed by atoms with Crippen LogP contribution in [-0.2, 0) is 9.53 Å². The first kappa shape index (κ1) is 12.2. The van der Waals surface area contributed by atoms with Crippen LogP contribution in [0.25, 0.3) is 0 Å². The number of aldehydes is 1. The van der Waals surface area contributed by atoms with Crippen LogP contribution < -0.4 is 4.74 Å². The number of hydrogen-bond donors (Lipinski definition) is 0. The summed E-state index contributed by atoms with van der Waals surface area (Å²) in [4.78, 5) is 21.5. The Morgan fingerprint density at radius 3 is 2.69 bits per heavy atom. The van der Waals surface area contributed by atoms with E-state index in [-0.39, 0.29) is 11.3 Å². The lowest BCUT2D eigenvalue weighted by molar-refractivity contribution is -0.147. The van der Waals surface area contributed by atoms with Crippen molar-refractivity contribution in [2.75, 3.05) is 7.11 Å². The van der Waals surface area contributed by atoms with Gasteiger partial charge in [-0.15, -0.1) is 0 Å². The molecule has 0 fully saturated rings. The molecule has 1 atom stereocenters. The SMILES string of the molecule is COC(=O)C(C)Oc1cc(F)cc(C=O)c1. The minimum Gasteiger partial charge on any atom is -0.479 e. The molecule has 0 saturated heterocycles. The Morgan fingerprint density at radius 2 is 2.12 bits per heavy atom. The Morgan fingerprint density at radius 1 is 1.44 bits per heavy atom. The van der Waals surface area contributed by atoms with Crippen LogP contribution in [0.2, 0.25) is 0 Å². The molecule has 0 N–H and O–H groups in total. The second-order valence-electron chi connectivity index (χ2n) is 3.12. The van der Waals surface area contributed by atoms with Crippen molar-refractivity contribution < 1.29 is 23.5 Å². The number of halogens is 1. The smallest absolute Gasteiger partial charge is 0.346 e. The third kappa shape index (κ3) is 3.05. The van der Waals surface area contributed by atoms with Crippen molar-refractivity contribution in [2.24, 2.45) is 0 Å². The van der Waals surface area contributed by atoms with Gasteiger partial charge in [0.2, 0.25) is 0 Å². The molecule has 86 valence electrons. The van der Waals surface area contributed by atoms with Gasteiger partial charge in [-0.05, 0) is 19.1 Å². The van der Waals surface area contributed by atoms with Crippen LogP contribution in [0.5, 0.6) is 5.75 Å². The van der Waals surface area contributed by atoms with Crippen LogP contribution in [0, 0.1) is 5.82 Å². The molecule has 0 heterocycles. The third-order valence-corrected chi connectivity index (χ3v) is 1.88. The number of benzene rings is 1. The van der Waals surface area contributed by atoms with E-state index < -0.39 is 17.9 Å². The average molecular weight is 226 g/mol. The molecule has 0 aromatic heterocycles. The summed E-state index contributed by atoms with van der Waals surface area (Å²) >= 11 is 0. The summed E-state index contributed by atoms with van der Waals surface area (Å²) in [7, 11) is 1.23. The number of methoxy groups -OCH3 is 1. The number of carbonyl (C=O) groups excluding carboxylic acids is 2. The predicted octanol–water partition coefficient (Wildman–Crippen LogP) is 1.58. The monoisotopic (exact) mass is 226 g/mol. The molecule has 0 spiro atoms. The van der Waals surface area contributed by atoms with Crippen LogP contribution in [0.4, 0.5) is 4.39 Å². The zero-order valence-corrected chi connectivity index (χ0v) is 8.90. The van der Waals surface area contributed by atoms with E-state index in [9.17, 15) is 14.0 Å². The van der Waals surface area contributed by atoms with Gasteiger partial charge in [-0.2, -0.15) is 0 Å². The molecule has 1 aromatic rings. The Bertz CT molecular complexity index is 403. The number of carbonyl (C=O) groups is 2. The van der Waals surface area contributed by atoms with Gasteiger partial charge in [0.05, 0.1) is 7.11 Å². The van der Waals surface area contributed by atoms with E-state index in [1.807, 2.05) is 0 Å². The topological polar surface area (TPSA) is 52.6 Å². The Kier molecular flexibility index (Phi) is 3.99. The van der Waals surface area contributed by atoms with Gasteiger partial charge in [0, 0.05) is 11.6 Å². The Labute approximate surface area is 92.0 Å². The summed E-state index contributed by atoms with van der Waals surface area (Å²) in [5.41, 5.74) is 0.145. The van der Waals surface area contributed by atoms with Crippen LogP contribution in [0.1, 0.15) is 17.3 Å². The molecule has 0 amide bonds. The quantitative estimate of drug-likeness (QED) is 0.577. The standard InChI is InChI=1S/C11H11FO4/c1-7(11(14)15-2)16-10-4-8(6-13)3-9(12)5-10/h3-7H,1-2H3. The maximum atomic E-state index is 13.0. The van der Waals surface area contributed by atoms with E-state index in [0.717, 1.165) is 12.1 Å². The van der Waals surface area contributed by atoms with Gasteiger partial charge in [0.15, 0.2) is 6.10 Å². The third-order valence-electron chi connectivity index (χ3n) is 1.88. The lowest BCUT2D eigenvalue weighted by Gasteiger charge is -2.12. The lowest BCUT2D eigenvalue weighted by Crippen LogP contribution is -2.24. The van der Waals surface area contributed by atoms with Gasteiger partial charge in [-0.25, -0.2) is 9.18 Å². The lowest BCUT2D eigenvalue weighted by atomic mass is 10.2. The van der Waals surface area contributed by atoms with E-state index in [1.54, 1.807) is 0 Å². The number of hydrogen-bond acceptors (Lipinski definition) is 4. The van der Waals surface area contributed by atoms with E-state index in [2.05, 4.69) is 4.74 Å². The molecule has 5 heteroatoms. The van der Waals surface area contributed by atoms with Crippen LogP contribution in [-0.4, -0.2) is 25.5 Å². The summed E-state index contributed by atoms with van der Waals surface area (Å²) in [6, 6.07) is 3.50. The summed E-state index contributed by atoms with van der Waals surface area (Å²) in [5, 5.41) is 0. The minimum absolute atomic E-state index is 0.111. The molecule has 0 saturated carbocycles. The molecule has 0 bridgehead atoms. The maximum Gasteiger partial charge on any atom is 0.346 e. The fraction of sp³-hybridized carbons (Fsp3) is 0.273. The van der Waals surface area contributed by atoms with Crippen molar-refractivity contribution in [3.8, 4) is 5.75 Å². The fourth-order valence-electron chi connectivity index (χ4n) is 1.14. The largest absolute Gasteiger partial charge is 0.479 e. The predicted molar refractivity (Wildman–Crippen MR) is 53.9 cm³/mol. The number of rotatable bonds is 4. The molecule has 16 heavy (non-hydrogen) atoms. The zero-order valence-electron chi connectivity index (χ0n) is 8.90. The summed E-state index contributed by atoms with van der Waals surface area (Å²) in [6.07, 6.45) is -0.357. The maximum absolute atomic E-state index is 13.0. The average Bonchev–Trinajstić information content (AvgIpc) is 2.26. The van der Waals surface area contributed by atoms with Gasteiger partial charge >= 0.3 is 5.97 Å². The highest BCUT2D eigenvalue weighted by Gasteiger charge is 2.15. The van der Waals surface area contributed by atoms with E-state index in [1.165, 1.54) is 20.1 Å². The highest BCUT2D eigenvalue weighted by molar-refractivity contribution is 5.76. The highest BCUT2D eigenvalue weighted by Crippen LogP contribution is 2.17. The van der Waals surface area contributed by atoms with Gasteiger partial charge in [0.1, 0.15) is 17.9 Å². The molecule has 1 unspecified atom stereocenters. The van der Waals surface area contributed by atoms with Crippen molar-refractivity contribution >= 4 is 12.3 Å². The second kappa shape index (κ2) is 5.25. The van der Waals surface area contributed by atoms with Crippen LogP contribution in [0.3, 0.4) is 0 Å². The number of ether oxygens (including phenoxy) is 2. The summed E-state index contributed by atoms with van der Waals surface area (Å²) < 4.78 is 22.6. The van der Waals surface area contributed by atoms with E-state index in [4.69, 9.17) is 4.74 Å². The second-order valence-corrected chi connectivity index (χ2v) is 3.12. The molecular formula is C11H11FO4. The first-order valence-electron chi connectivity index (χ1n) is 4.57. The normalized spacial score (nSPS) is 11.7. The molecule has 0 aliphatic heterocycles. The van der Waals surface area contributed by atoms with Gasteiger partial charge in [-0.3, -0.25) is 4.79 Å². The molecular weight excluding hydrogens is 215 g/mol. The van der Waals surface area contributed by atoms with Crippen molar-refractivity contribution in [3.05, 3.63) is 29.6 Å². The van der Waals surface area contributed by atoms with Crippen molar-refractivity contribution in [1.29, 1.82) is 0 Å². The zero-order chi connectivity index (χ0) is 12.1. The minimum atomic E-state index is -0.855. The molecule has 0 aliphatic rings. The van der Waals surface area contributed by atoms with E-state index >= 15 is 0 Å². The first-order valence-corrected chi connectivity index (χ1v) is 4.57. The van der Waals surface area contributed by atoms with Crippen molar-refractivity contribution in [2.45, 2.75) is 13.0 Å². The van der Waals surface area contributed by atoms with Crippen molar-refractivity contribution in [1.82, 2.24) is 0 Å². The van der Waals surface area contributed by atoms with Crippen LogP contribution in [0.15, 0.2) is 18.2 Å². The molecule has 1 aromatic carbocycles.